The van der Waals surface area contributed by atoms with Crippen molar-refractivity contribution < 1.29 is 18.3 Å². The number of aromatic carboxylic acids is 1. The first-order chi connectivity index (χ1) is 13.3. The molecule has 0 aromatic heterocycles. The number of sulfonamides is 1. The fraction of sp³-hybridized carbons (Fsp3) is 0.381. The lowest BCUT2D eigenvalue weighted by Gasteiger charge is -2.22. The first kappa shape index (κ1) is 20.2. The standard InChI is InChI=1S/C21H26N2O4S/c1-23(2)20-13-10-17(14-19(20)21(24)25)22-28(26,27)18-11-8-16(9-12-18)15-6-4-3-5-7-15/h8-15,22H,3-7H2,1-2H3,(H,24,25). The molecule has 1 aliphatic rings. The van der Waals surface area contributed by atoms with Crippen molar-refractivity contribution in [3.05, 3.63) is 53.6 Å². The molecule has 0 unspecified atom stereocenters. The van der Waals surface area contributed by atoms with Gasteiger partial charge >= 0.3 is 5.97 Å². The van der Waals surface area contributed by atoms with Crippen LogP contribution in [0.3, 0.4) is 0 Å². The summed E-state index contributed by atoms with van der Waals surface area (Å²) in [6.07, 6.45) is 6.03. The van der Waals surface area contributed by atoms with Crippen LogP contribution in [0.15, 0.2) is 47.4 Å². The maximum Gasteiger partial charge on any atom is 0.337 e. The average molecular weight is 403 g/mol. The van der Waals surface area contributed by atoms with Crippen molar-refractivity contribution in [2.75, 3.05) is 23.7 Å². The molecule has 3 rings (SSSR count). The summed E-state index contributed by atoms with van der Waals surface area (Å²) in [6, 6.07) is 11.5. The van der Waals surface area contributed by atoms with Gasteiger partial charge in [0.05, 0.1) is 16.1 Å². The molecule has 1 saturated carbocycles. The van der Waals surface area contributed by atoms with E-state index in [0.717, 1.165) is 12.8 Å². The third kappa shape index (κ3) is 4.47. The highest BCUT2D eigenvalue weighted by molar-refractivity contribution is 7.92. The van der Waals surface area contributed by atoms with E-state index in [2.05, 4.69) is 4.72 Å². The first-order valence-electron chi connectivity index (χ1n) is 9.45. The molecule has 6 nitrogen and oxygen atoms in total. The summed E-state index contributed by atoms with van der Waals surface area (Å²) in [7, 11) is -0.322. The fourth-order valence-corrected chi connectivity index (χ4v) is 4.78. The van der Waals surface area contributed by atoms with Crippen molar-refractivity contribution >= 4 is 27.4 Å². The molecular formula is C21H26N2O4S. The minimum Gasteiger partial charge on any atom is -0.478 e. The molecule has 150 valence electrons. The van der Waals surface area contributed by atoms with Crippen molar-refractivity contribution in [1.82, 2.24) is 0 Å². The molecule has 28 heavy (non-hydrogen) atoms. The Labute approximate surface area is 166 Å². The Bertz CT molecular complexity index is 947. The normalized spacial score (nSPS) is 15.2. The summed E-state index contributed by atoms with van der Waals surface area (Å²) in [6.45, 7) is 0. The molecule has 2 N–H and O–H groups in total. The molecular weight excluding hydrogens is 376 g/mol. The van der Waals surface area contributed by atoms with Gasteiger partial charge in [0.2, 0.25) is 0 Å². The van der Waals surface area contributed by atoms with E-state index in [0.29, 0.717) is 11.6 Å². The molecule has 0 radical (unpaired) electrons. The maximum absolute atomic E-state index is 12.7. The Balaban J connectivity index is 1.81. The van der Waals surface area contributed by atoms with Gasteiger partial charge in [-0.3, -0.25) is 4.72 Å². The predicted octanol–water partition coefficient (Wildman–Crippen LogP) is 4.30. The van der Waals surface area contributed by atoms with E-state index in [4.69, 9.17) is 0 Å². The number of nitrogens with one attached hydrogen (secondary N) is 1. The predicted molar refractivity (Wildman–Crippen MR) is 111 cm³/mol. The van der Waals surface area contributed by atoms with Crippen molar-refractivity contribution in [2.45, 2.75) is 42.9 Å². The third-order valence-electron chi connectivity index (χ3n) is 5.23. The molecule has 2 aromatic carbocycles. The minimum atomic E-state index is -3.79. The van der Waals surface area contributed by atoms with Gasteiger partial charge in [-0.15, -0.1) is 0 Å². The van der Waals surface area contributed by atoms with Gasteiger partial charge < -0.3 is 10.0 Å². The molecule has 7 heteroatoms. The second-order valence-corrected chi connectivity index (χ2v) is 9.12. The van der Waals surface area contributed by atoms with Crippen LogP contribution in [-0.2, 0) is 10.0 Å². The molecule has 0 atom stereocenters. The summed E-state index contributed by atoms with van der Waals surface area (Å²) in [5, 5.41) is 9.40. The zero-order chi connectivity index (χ0) is 20.3. The summed E-state index contributed by atoms with van der Waals surface area (Å²) in [4.78, 5) is 13.3. The van der Waals surface area contributed by atoms with E-state index in [1.807, 2.05) is 12.1 Å². The van der Waals surface area contributed by atoms with Crippen LogP contribution in [0.2, 0.25) is 0 Å². The lowest BCUT2D eigenvalue weighted by molar-refractivity contribution is 0.0697. The van der Waals surface area contributed by atoms with Crippen LogP contribution in [0.5, 0.6) is 0 Å². The molecule has 1 aliphatic carbocycles. The summed E-state index contributed by atoms with van der Waals surface area (Å²) in [5.41, 5.74) is 1.95. The minimum absolute atomic E-state index is 0.0397. The molecule has 0 spiro atoms. The van der Waals surface area contributed by atoms with Gasteiger partial charge in [0.15, 0.2) is 0 Å². The largest absolute Gasteiger partial charge is 0.478 e. The zero-order valence-corrected chi connectivity index (χ0v) is 17.0. The Kier molecular flexibility index (Phi) is 5.93. The van der Waals surface area contributed by atoms with Gasteiger partial charge in [0.1, 0.15) is 0 Å². The lowest BCUT2D eigenvalue weighted by Crippen LogP contribution is -2.16. The smallest absolute Gasteiger partial charge is 0.337 e. The van der Waals surface area contributed by atoms with Gasteiger partial charge in [-0.05, 0) is 54.7 Å². The van der Waals surface area contributed by atoms with E-state index < -0.39 is 16.0 Å². The number of anilines is 2. The van der Waals surface area contributed by atoms with Gasteiger partial charge in [0, 0.05) is 19.8 Å². The number of nitrogens with zero attached hydrogens (tertiary/aromatic N) is 1. The topological polar surface area (TPSA) is 86.7 Å². The van der Waals surface area contributed by atoms with Crippen LogP contribution < -0.4 is 9.62 Å². The van der Waals surface area contributed by atoms with Gasteiger partial charge in [-0.2, -0.15) is 0 Å². The van der Waals surface area contributed by atoms with E-state index in [-0.39, 0.29) is 16.1 Å². The van der Waals surface area contributed by atoms with E-state index >= 15 is 0 Å². The maximum atomic E-state index is 12.7. The Morgan fingerprint density at radius 1 is 1.04 bits per heavy atom. The highest BCUT2D eigenvalue weighted by Gasteiger charge is 2.19. The first-order valence-corrected chi connectivity index (χ1v) is 10.9. The van der Waals surface area contributed by atoms with Crippen LogP contribution in [0.1, 0.15) is 53.9 Å². The monoisotopic (exact) mass is 402 g/mol. The second kappa shape index (κ2) is 8.22. The summed E-state index contributed by atoms with van der Waals surface area (Å²) >= 11 is 0. The van der Waals surface area contributed by atoms with E-state index in [1.54, 1.807) is 43.3 Å². The molecule has 0 heterocycles. The SMILES string of the molecule is CN(C)c1ccc(NS(=O)(=O)c2ccc(C3CCCCC3)cc2)cc1C(=O)O. The van der Waals surface area contributed by atoms with Gasteiger partial charge in [0.25, 0.3) is 10.0 Å². The Morgan fingerprint density at radius 2 is 1.68 bits per heavy atom. The van der Waals surface area contributed by atoms with Crippen LogP contribution in [-0.4, -0.2) is 33.6 Å². The van der Waals surface area contributed by atoms with Crippen molar-refractivity contribution in [2.24, 2.45) is 0 Å². The van der Waals surface area contributed by atoms with Crippen molar-refractivity contribution in [1.29, 1.82) is 0 Å². The Morgan fingerprint density at radius 3 is 2.25 bits per heavy atom. The molecule has 0 aliphatic heterocycles. The highest BCUT2D eigenvalue weighted by atomic mass is 32.2. The van der Waals surface area contributed by atoms with Crippen LogP contribution in [0.4, 0.5) is 11.4 Å². The molecule has 2 aromatic rings. The number of benzene rings is 2. The van der Waals surface area contributed by atoms with Crippen molar-refractivity contribution in [3.8, 4) is 0 Å². The molecule has 0 bridgehead atoms. The van der Waals surface area contributed by atoms with Crippen LogP contribution in [0.25, 0.3) is 0 Å². The second-order valence-electron chi connectivity index (χ2n) is 7.44. The number of hydrogen-bond acceptors (Lipinski definition) is 4. The quantitative estimate of drug-likeness (QED) is 0.752. The van der Waals surface area contributed by atoms with E-state index in [1.165, 1.54) is 30.9 Å². The lowest BCUT2D eigenvalue weighted by atomic mass is 9.84. The highest BCUT2D eigenvalue weighted by Crippen LogP contribution is 2.33. The number of hydrogen-bond donors (Lipinski definition) is 2. The van der Waals surface area contributed by atoms with Crippen LogP contribution in [0, 0.1) is 0 Å². The average Bonchev–Trinajstić information content (AvgIpc) is 2.68. The molecule has 0 saturated heterocycles. The fourth-order valence-electron chi connectivity index (χ4n) is 3.73. The van der Waals surface area contributed by atoms with Gasteiger partial charge in [-0.25, -0.2) is 13.2 Å². The summed E-state index contributed by atoms with van der Waals surface area (Å²) < 4.78 is 27.9. The molecule has 0 amide bonds. The Hall–Kier alpha value is -2.54. The number of carboxylic acids is 1. The third-order valence-corrected chi connectivity index (χ3v) is 6.63. The molecule has 1 fully saturated rings. The van der Waals surface area contributed by atoms with Gasteiger partial charge in [-0.1, -0.05) is 31.4 Å². The number of carbonyl (C=O) groups is 1. The van der Waals surface area contributed by atoms with Crippen LogP contribution >= 0.6 is 0 Å². The number of rotatable bonds is 6. The summed E-state index contributed by atoms with van der Waals surface area (Å²) in [5.74, 6) is -0.600. The zero-order valence-electron chi connectivity index (χ0n) is 16.2. The van der Waals surface area contributed by atoms with Crippen molar-refractivity contribution in [3.63, 3.8) is 0 Å². The number of carboxylic acid groups (broad SMARTS) is 1. The van der Waals surface area contributed by atoms with E-state index in [9.17, 15) is 18.3 Å².